The SMILES string of the molecule is COC(=O)CCC(=O)CNC(=O)NCCCl. The van der Waals surface area contributed by atoms with E-state index in [2.05, 4.69) is 15.4 Å². The normalized spacial score (nSPS) is 9.38. The first-order valence-corrected chi connectivity index (χ1v) is 5.29. The maximum atomic E-state index is 11.2. The van der Waals surface area contributed by atoms with Crippen LogP contribution in [0.25, 0.3) is 0 Å². The Morgan fingerprint density at radius 2 is 1.88 bits per heavy atom. The molecule has 0 bridgehead atoms. The molecule has 6 nitrogen and oxygen atoms in total. The van der Waals surface area contributed by atoms with E-state index in [1.54, 1.807) is 0 Å². The molecule has 2 amide bonds. The molecule has 0 unspecified atom stereocenters. The van der Waals surface area contributed by atoms with Crippen molar-refractivity contribution in [1.29, 1.82) is 0 Å². The molecule has 0 radical (unpaired) electrons. The molecule has 0 rings (SSSR count). The summed E-state index contributed by atoms with van der Waals surface area (Å²) in [5.74, 6) is -0.365. The zero-order chi connectivity index (χ0) is 12.4. The number of alkyl halides is 1. The predicted octanol–water partition coefficient (Wildman–Crippen LogP) is 0.0467. The molecule has 2 N–H and O–H groups in total. The highest BCUT2D eigenvalue weighted by atomic mass is 35.5. The van der Waals surface area contributed by atoms with Gasteiger partial charge in [0.05, 0.1) is 20.1 Å². The molecule has 0 spiro atoms. The third kappa shape index (κ3) is 8.05. The average molecular weight is 251 g/mol. The highest BCUT2D eigenvalue weighted by Gasteiger charge is 2.08. The summed E-state index contributed by atoms with van der Waals surface area (Å²) in [5, 5.41) is 4.79. The van der Waals surface area contributed by atoms with Crippen LogP contribution in [0.15, 0.2) is 0 Å². The van der Waals surface area contributed by atoms with Gasteiger partial charge in [0.25, 0.3) is 0 Å². The fraction of sp³-hybridized carbons (Fsp3) is 0.667. The molecule has 92 valence electrons. The number of urea groups is 1. The lowest BCUT2D eigenvalue weighted by molar-refractivity contribution is -0.141. The largest absolute Gasteiger partial charge is 0.469 e. The van der Waals surface area contributed by atoms with Gasteiger partial charge in [-0.05, 0) is 0 Å². The van der Waals surface area contributed by atoms with Gasteiger partial charge >= 0.3 is 12.0 Å². The van der Waals surface area contributed by atoms with Crippen molar-refractivity contribution in [3.8, 4) is 0 Å². The Kier molecular flexibility index (Phi) is 8.24. The van der Waals surface area contributed by atoms with Gasteiger partial charge in [-0.1, -0.05) is 0 Å². The van der Waals surface area contributed by atoms with E-state index in [1.807, 2.05) is 0 Å². The Balaban J connectivity index is 3.57. The van der Waals surface area contributed by atoms with E-state index < -0.39 is 12.0 Å². The van der Waals surface area contributed by atoms with Crippen molar-refractivity contribution in [3.05, 3.63) is 0 Å². The van der Waals surface area contributed by atoms with Crippen LogP contribution >= 0.6 is 11.6 Å². The minimum absolute atomic E-state index is 0.0281. The maximum absolute atomic E-state index is 11.2. The van der Waals surface area contributed by atoms with Crippen LogP contribution in [0.3, 0.4) is 0 Å². The molecule has 0 aliphatic carbocycles. The number of hydrogen-bond acceptors (Lipinski definition) is 4. The van der Waals surface area contributed by atoms with Gasteiger partial charge in [-0.15, -0.1) is 11.6 Å². The molecule has 0 saturated carbocycles. The van der Waals surface area contributed by atoms with Gasteiger partial charge < -0.3 is 15.4 Å². The predicted molar refractivity (Wildman–Crippen MR) is 58.4 cm³/mol. The Bertz CT molecular complexity index is 258. The fourth-order valence-electron chi connectivity index (χ4n) is 0.834. The Morgan fingerprint density at radius 3 is 2.44 bits per heavy atom. The van der Waals surface area contributed by atoms with E-state index in [0.29, 0.717) is 12.4 Å². The molecule has 0 fully saturated rings. The Hall–Kier alpha value is -1.30. The van der Waals surface area contributed by atoms with Gasteiger partial charge in [0.15, 0.2) is 5.78 Å². The molecule has 0 aromatic carbocycles. The molecule has 16 heavy (non-hydrogen) atoms. The Labute approximate surface area is 98.7 Å². The molecular weight excluding hydrogens is 236 g/mol. The monoisotopic (exact) mass is 250 g/mol. The number of carbonyl (C=O) groups is 3. The van der Waals surface area contributed by atoms with E-state index in [4.69, 9.17) is 11.6 Å². The van der Waals surface area contributed by atoms with Crippen LogP contribution < -0.4 is 10.6 Å². The number of nitrogens with one attached hydrogen (secondary N) is 2. The van der Waals surface area contributed by atoms with Crippen LogP contribution in [-0.2, 0) is 14.3 Å². The van der Waals surface area contributed by atoms with E-state index >= 15 is 0 Å². The minimum Gasteiger partial charge on any atom is -0.469 e. The molecule has 0 aliphatic heterocycles. The van der Waals surface area contributed by atoms with Crippen LogP contribution in [0.2, 0.25) is 0 Å². The first kappa shape index (κ1) is 14.7. The van der Waals surface area contributed by atoms with Crippen molar-refractivity contribution in [2.24, 2.45) is 0 Å². The lowest BCUT2D eigenvalue weighted by Gasteiger charge is -2.05. The topological polar surface area (TPSA) is 84.5 Å². The standard InChI is InChI=1S/C9H15ClN2O4/c1-16-8(14)3-2-7(13)6-12-9(15)11-5-4-10/h2-6H2,1H3,(H2,11,12,15). The van der Waals surface area contributed by atoms with Gasteiger partial charge in [-0.2, -0.15) is 0 Å². The summed E-state index contributed by atoms with van der Waals surface area (Å²) in [5.41, 5.74) is 0. The third-order valence-corrected chi connectivity index (χ3v) is 1.85. The summed E-state index contributed by atoms with van der Waals surface area (Å²) in [7, 11) is 1.25. The number of amides is 2. The summed E-state index contributed by atoms with van der Waals surface area (Å²) in [6, 6.07) is -0.452. The fourth-order valence-corrected chi connectivity index (χ4v) is 0.929. The van der Waals surface area contributed by atoms with Crippen molar-refractivity contribution in [1.82, 2.24) is 10.6 Å². The zero-order valence-corrected chi connectivity index (χ0v) is 9.80. The number of ether oxygens (including phenoxy) is 1. The molecule has 0 heterocycles. The molecule has 0 aromatic rings. The number of carbonyl (C=O) groups excluding carboxylic acids is 3. The average Bonchev–Trinajstić information content (AvgIpc) is 2.30. The molecule has 0 aliphatic rings. The van der Waals surface area contributed by atoms with Crippen molar-refractivity contribution in [2.45, 2.75) is 12.8 Å². The highest BCUT2D eigenvalue weighted by molar-refractivity contribution is 6.18. The quantitative estimate of drug-likeness (QED) is 0.494. The van der Waals surface area contributed by atoms with Crippen molar-refractivity contribution in [2.75, 3.05) is 26.1 Å². The zero-order valence-electron chi connectivity index (χ0n) is 9.05. The third-order valence-electron chi connectivity index (χ3n) is 1.66. The maximum Gasteiger partial charge on any atom is 0.315 e. The summed E-state index contributed by atoms with van der Waals surface area (Å²) in [6.07, 6.45) is 0.0861. The summed E-state index contributed by atoms with van der Waals surface area (Å²) < 4.78 is 4.37. The second-order valence-electron chi connectivity index (χ2n) is 2.91. The van der Waals surface area contributed by atoms with Crippen LogP contribution in [0, 0.1) is 0 Å². The van der Waals surface area contributed by atoms with E-state index in [-0.39, 0.29) is 25.2 Å². The smallest absolute Gasteiger partial charge is 0.315 e. The van der Waals surface area contributed by atoms with Crippen LogP contribution in [0.5, 0.6) is 0 Å². The number of methoxy groups -OCH3 is 1. The Morgan fingerprint density at radius 1 is 1.19 bits per heavy atom. The number of hydrogen-bond donors (Lipinski definition) is 2. The lowest BCUT2D eigenvalue weighted by atomic mass is 10.2. The van der Waals surface area contributed by atoms with Crippen molar-refractivity contribution >= 4 is 29.4 Å². The number of esters is 1. The van der Waals surface area contributed by atoms with Crippen LogP contribution in [0.4, 0.5) is 4.79 Å². The number of ketones is 1. The second-order valence-corrected chi connectivity index (χ2v) is 3.29. The lowest BCUT2D eigenvalue weighted by Crippen LogP contribution is -2.39. The number of halogens is 1. The molecule has 0 saturated heterocycles. The van der Waals surface area contributed by atoms with Gasteiger partial charge in [-0.25, -0.2) is 4.79 Å². The van der Waals surface area contributed by atoms with E-state index in [9.17, 15) is 14.4 Å². The van der Waals surface area contributed by atoms with Gasteiger partial charge in [-0.3, -0.25) is 9.59 Å². The van der Waals surface area contributed by atoms with E-state index in [0.717, 1.165) is 0 Å². The first-order chi connectivity index (χ1) is 7.60. The number of rotatable bonds is 7. The molecule has 0 atom stereocenters. The van der Waals surface area contributed by atoms with Crippen LogP contribution in [0.1, 0.15) is 12.8 Å². The van der Waals surface area contributed by atoms with Crippen molar-refractivity contribution in [3.63, 3.8) is 0 Å². The summed E-state index contributed by atoms with van der Waals surface area (Å²) >= 11 is 5.35. The van der Waals surface area contributed by atoms with Crippen LogP contribution in [-0.4, -0.2) is 43.9 Å². The van der Waals surface area contributed by atoms with Gasteiger partial charge in [0.2, 0.25) is 0 Å². The minimum atomic E-state index is -0.452. The van der Waals surface area contributed by atoms with Gasteiger partial charge in [0, 0.05) is 18.8 Å². The second kappa shape index (κ2) is 8.96. The van der Waals surface area contributed by atoms with E-state index in [1.165, 1.54) is 7.11 Å². The molecule has 0 aromatic heterocycles. The molecular formula is C9H15ClN2O4. The number of Topliss-reactive ketones (excluding diaryl/α,β-unsaturated/α-hetero) is 1. The highest BCUT2D eigenvalue weighted by Crippen LogP contribution is 1.92. The summed E-state index contributed by atoms with van der Waals surface area (Å²) in [6.45, 7) is 0.231. The first-order valence-electron chi connectivity index (χ1n) is 4.76. The van der Waals surface area contributed by atoms with Gasteiger partial charge in [0.1, 0.15) is 0 Å². The summed E-state index contributed by atoms with van der Waals surface area (Å²) in [4.78, 5) is 32.8. The van der Waals surface area contributed by atoms with Crippen molar-refractivity contribution < 1.29 is 19.1 Å². The molecule has 7 heteroatoms.